The summed E-state index contributed by atoms with van der Waals surface area (Å²) < 4.78 is 35.5. The summed E-state index contributed by atoms with van der Waals surface area (Å²) in [6.45, 7) is 1.95. The zero-order chi connectivity index (χ0) is 25.2. The molecule has 5 rings (SSSR count). The molecule has 1 saturated heterocycles. The Kier molecular flexibility index (Phi) is 6.55. The lowest BCUT2D eigenvalue weighted by molar-refractivity contribution is -0.122. The van der Waals surface area contributed by atoms with Crippen molar-refractivity contribution in [2.45, 2.75) is 31.2 Å². The lowest BCUT2D eigenvalue weighted by atomic mass is 9.90. The second kappa shape index (κ2) is 9.94. The average Bonchev–Trinajstić information content (AvgIpc) is 3.37. The first-order chi connectivity index (χ1) is 17.5. The summed E-state index contributed by atoms with van der Waals surface area (Å²) in [5.74, 6) is -1.22. The Labute approximate surface area is 206 Å². The van der Waals surface area contributed by atoms with Crippen molar-refractivity contribution < 1.29 is 18.3 Å². The lowest BCUT2D eigenvalue weighted by Crippen LogP contribution is -2.42. The molecule has 3 heterocycles. The number of hydrogen-bond acceptors (Lipinski definition) is 7. The molecule has 1 amide bonds. The van der Waals surface area contributed by atoms with Crippen molar-refractivity contribution in [3.05, 3.63) is 77.5 Å². The summed E-state index contributed by atoms with van der Waals surface area (Å²) in [5, 5.41) is 12.9. The molecule has 188 valence electrons. The highest BCUT2D eigenvalue weighted by atomic mass is 19.2. The molecular weight excluding hydrogens is 468 g/mol. The number of fused-ring (bicyclic) bond motifs is 1. The molecule has 1 aromatic heterocycles. The topological polar surface area (TPSA) is 110 Å². The zero-order valence-corrected chi connectivity index (χ0v) is 19.7. The number of primary amides is 1. The molecule has 2 aliphatic heterocycles. The number of anilines is 1. The van der Waals surface area contributed by atoms with Gasteiger partial charge >= 0.3 is 0 Å². The number of nitrogens with two attached hydrogens (primary N) is 1. The first-order valence-electron chi connectivity index (χ1n) is 11.7. The number of halogens is 2. The molecular formula is C25H27F2N7O2. The summed E-state index contributed by atoms with van der Waals surface area (Å²) in [6.07, 6.45) is 5.16. The van der Waals surface area contributed by atoms with Crippen LogP contribution in [0.15, 0.2) is 48.9 Å². The summed E-state index contributed by atoms with van der Waals surface area (Å²) in [4.78, 5) is 12.5. The largest absolute Gasteiger partial charge is 0.495 e. The van der Waals surface area contributed by atoms with Crippen LogP contribution < -0.4 is 21.2 Å². The maximum absolute atomic E-state index is 14.4. The number of amides is 1. The molecule has 4 N–H and O–H groups in total. The normalized spacial score (nSPS) is 17.9. The molecule has 0 aliphatic carbocycles. The highest BCUT2D eigenvalue weighted by Gasteiger charge is 2.35. The highest BCUT2D eigenvalue weighted by Crippen LogP contribution is 2.36. The fourth-order valence-electron chi connectivity index (χ4n) is 4.79. The molecule has 9 nitrogen and oxygen atoms in total. The van der Waals surface area contributed by atoms with Gasteiger partial charge in [-0.15, -0.1) is 10.2 Å². The third kappa shape index (κ3) is 4.49. The van der Waals surface area contributed by atoms with Crippen molar-refractivity contribution in [3.63, 3.8) is 0 Å². The number of carbonyl (C=O) groups excluding carboxylic acids is 1. The predicted octanol–water partition coefficient (Wildman–Crippen LogP) is 2.94. The molecule has 36 heavy (non-hydrogen) atoms. The Morgan fingerprint density at radius 2 is 2.06 bits per heavy atom. The number of rotatable bonds is 7. The first kappa shape index (κ1) is 23.7. The van der Waals surface area contributed by atoms with E-state index in [0.717, 1.165) is 32.0 Å². The summed E-state index contributed by atoms with van der Waals surface area (Å²) >= 11 is 0. The van der Waals surface area contributed by atoms with E-state index < -0.39 is 23.6 Å². The van der Waals surface area contributed by atoms with Gasteiger partial charge in [-0.25, -0.2) is 8.78 Å². The monoisotopic (exact) mass is 495 g/mol. The SMILES string of the molecule is COc1cc(C2CCNCC2)ccc1NN1C=C(Cc2cccc(F)c2F)n2cnnc2C1C(N)=O. The number of carbonyl (C=O) groups is 1. The highest BCUT2D eigenvalue weighted by molar-refractivity contribution is 5.82. The van der Waals surface area contributed by atoms with Gasteiger partial charge < -0.3 is 15.8 Å². The van der Waals surface area contributed by atoms with Gasteiger partial charge in [-0.05, 0) is 61.2 Å². The quantitative estimate of drug-likeness (QED) is 0.462. The van der Waals surface area contributed by atoms with E-state index >= 15 is 0 Å². The molecule has 1 fully saturated rings. The number of allylic oxidation sites excluding steroid dienone is 1. The first-order valence-corrected chi connectivity index (χ1v) is 11.7. The molecule has 11 heteroatoms. The fourth-order valence-corrected chi connectivity index (χ4v) is 4.79. The summed E-state index contributed by atoms with van der Waals surface area (Å²) in [6, 6.07) is 8.95. The number of ether oxygens (including phenoxy) is 1. The van der Waals surface area contributed by atoms with Crippen LogP contribution in [0.5, 0.6) is 5.75 Å². The van der Waals surface area contributed by atoms with E-state index in [4.69, 9.17) is 10.5 Å². The number of hydrazine groups is 1. The van der Waals surface area contributed by atoms with E-state index in [0.29, 0.717) is 23.1 Å². The van der Waals surface area contributed by atoms with E-state index in [1.165, 1.54) is 29.0 Å². The number of nitrogens with one attached hydrogen (secondary N) is 2. The minimum atomic E-state index is -0.998. The number of benzene rings is 2. The number of aromatic nitrogens is 3. The Hall–Kier alpha value is -3.99. The van der Waals surface area contributed by atoms with Gasteiger partial charge in [-0.3, -0.25) is 19.8 Å². The molecule has 0 spiro atoms. The van der Waals surface area contributed by atoms with E-state index in [1.54, 1.807) is 17.9 Å². The van der Waals surface area contributed by atoms with Crippen molar-refractivity contribution in [2.24, 2.45) is 5.73 Å². The minimum absolute atomic E-state index is 0.0318. The second-order valence-corrected chi connectivity index (χ2v) is 8.88. The number of nitrogens with zero attached hydrogens (tertiary/aromatic N) is 4. The maximum atomic E-state index is 14.4. The van der Waals surface area contributed by atoms with E-state index in [1.807, 2.05) is 18.2 Å². The van der Waals surface area contributed by atoms with Gasteiger partial charge in [-0.2, -0.15) is 0 Å². The lowest BCUT2D eigenvalue weighted by Gasteiger charge is -2.34. The summed E-state index contributed by atoms with van der Waals surface area (Å²) in [7, 11) is 1.58. The van der Waals surface area contributed by atoms with E-state index in [-0.39, 0.29) is 17.8 Å². The van der Waals surface area contributed by atoms with Crippen molar-refractivity contribution in [1.29, 1.82) is 0 Å². The van der Waals surface area contributed by atoms with Crippen LogP contribution in [-0.2, 0) is 11.2 Å². The number of methoxy groups -OCH3 is 1. The third-order valence-electron chi connectivity index (χ3n) is 6.65. The zero-order valence-electron chi connectivity index (χ0n) is 19.7. The van der Waals surface area contributed by atoms with Gasteiger partial charge in [0.05, 0.1) is 12.8 Å². The van der Waals surface area contributed by atoms with Crippen LogP contribution in [-0.4, -0.2) is 45.9 Å². The van der Waals surface area contributed by atoms with Gasteiger partial charge in [0.2, 0.25) is 5.91 Å². The van der Waals surface area contributed by atoms with Crippen LogP contribution in [0.25, 0.3) is 5.70 Å². The van der Waals surface area contributed by atoms with Crippen LogP contribution in [0.2, 0.25) is 0 Å². The van der Waals surface area contributed by atoms with Crippen molar-refractivity contribution >= 4 is 17.3 Å². The Morgan fingerprint density at radius 3 is 2.81 bits per heavy atom. The predicted molar refractivity (Wildman–Crippen MR) is 130 cm³/mol. The van der Waals surface area contributed by atoms with Gasteiger partial charge in [0.1, 0.15) is 12.1 Å². The van der Waals surface area contributed by atoms with Crippen LogP contribution in [0, 0.1) is 11.6 Å². The molecule has 2 aliphatic rings. The second-order valence-electron chi connectivity index (χ2n) is 8.88. The van der Waals surface area contributed by atoms with E-state index in [2.05, 4.69) is 20.9 Å². The molecule has 3 aromatic rings. The van der Waals surface area contributed by atoms with Crippen LogP contribution in [0.4, 0.5) is 14.5 Å². The van der Waals surface area contributed by atoms with Crippen molar-refractivity contribution in [3.8, 4) is 5.75 Å². The van der Waals surface area contributed by atoms with Crippen LogP contribution in [0.1, 0.15) is 41.8 Å². The summed E-state index contributed by atoms with van der Waals surface area (Å²) in [5.41, 5.74) is 11.4. The maximum Gasteiger partial charge on any atom is 0.250 e. The minimum Gasteiger partial charge on any atom is -0.495 e. The van der Waals surface area contributed by atoms with Crippen molar-refractivity contribution in [1.82, 2.24) is 25.1 Å². The van der Waals surface area contributed by atoms with Gasteiger partial charge in [0, 0.05) is 18.3 Å². The molecule has 1 unspecified atom stereocenters. The van der Waals surface area contributed by atoms with Gasteiger partial charge in [-0.1, -0.05) is 18.2 Å². The van der Waals surface area contributed by atoms with Crippen LogP contribution in [0.3, 0.4) is 0 Å². The van der Waals surface area contributed by atoms with Gasteiger partial charge in [0.25, 0.3) is 0 Å². The Morgan fingerprint density at radius 1 is 1.25 bits per heavy atom. The fraction of sp³-hybridized carbons (Fsp3) is 0.320. The smallest absolute Gasteiger partial charge is 0.250 e. The average molecular weight is 496 g/mol. The van der Waals surface area contributed by atoms with Crippen LogP contribution >= 0.6 is 0 Å². The molecule has 0 radical (unpaired) electrons. The van der Waals surface area contributed by atoms with Crippen molar-refractivity contribution in [2.75, 3.05) is 25.6 Å². The van der Waals surface area contributed by atoms with E-state index in [9.17, 15) is 13.6 Å². The Balaban J connectivity index is 1.49. The number of hydrogen-bond donors (Lipinski definition) is 3. The molecule has 0 bridgehead atoms. The standard InChI is InChI=1S/C25H27F2N7O2/c1-36-21-12-16(15-7-9-29-10-8-15)5-6-20(21)32-34-13-18(11-17-3-2-4-19(26)22(17)27)33-14-30-31-25(33)23(34)24(28)35/h2-6,12-15,23,29,32H,7-11H2,1H3,(H2,28,35). The molecule has 1 atom stereocenters. The van der Waals surface area contributed by atoms with Gasteiger partial charge in [0.15, 0.2) is 23.5 Å². The molecule has 0 saturated carbocycles. The Bertz CT molecular complexity index is 1300. The number of piperidine rings is 1. The molecule has 2 aromatic carbocycles. The third-order valence-corrected chi connectivity index (χ3v) is 6.65.